The van der Waals surface area contributed by atoms with E-state index < -0.39 is 5.60 Å². The molecule has 108 valence electrons. The zero-order valence-corrected chi connectivity index (χ0v) is 12.4. The van der Waals surface area contributed by atoms with Crippen molar-refractivity contribution in [1.82, 2.24) is 5.43 Å². The molecule has 1 aromatic rings. The van der Waals surface area contributed by atoms with E-state index in [4.69, 9.17) is 22.2 Å². The van der Waals surface area contributed by atoms with Gasteiger partial charge in [0.15, 0.2) is 0 Å². The quantitative estimate of drug-likeness (QED) is 0.599. The van der Waals surface area contributed by atoms with E-state index in [9.17, 15) is 4.39 Å². The number of rotatable bonds is 7. The Kier molecular flexibility index (Phi) is 6.20. The molecular weight excluding hydrogens is 267 g/mol. The molecule has 19 heavy (non-hydrogen) atoms. The Morgan fingerprint density at radius 2 is 2.16 bits per heavy atom. The van der Waals surface area contributed by atoms with Crippen molar-refractivity contribution in [2.75, 3.05) is 6.61 Å². The number of halogens is 2. The van der Waals surface area contributed by atoms with Gasteiger partial charge in [0.1, 0.15) is 5.82 Å². The summed E-state index contributed by atoms with van der Waals surface area (Å²) < 4.78 is 19.1. The first-order chi connectivity index (χ1) is 8.96. The Morgan fingerprint density at radius 1 is 1.47 bits per heavy atom. The van der Waals surface area contributed by atoms with Crippen LogP contribution in [0.3, 0.4) is 0 Å². The standard InChI is InChI=1S/C14H22ClFN2O/c1-4-14(3,19-5-2)13(18-17)9-10-8-11(16)6-7-12(10)15/h6-8,13,18H,4-5,9,17H2,1-3H3. The first-order valence-electron chi connectivity index (χ1n) is 6.50. The third-order valence-electron chi connectivity index (χ3n) is 3.55. The van der Waals surface area contributed by atoms with Crippen molar-refractivity contribution in [3.05, 3.63) is 34.6 Å². The molecule has 2 unspecified atom stereocenters. The average molecular weight is 289 g/mol. The molecule has 2 atom stereocenters. The van der Waals surface area contributed by atoms with Gasteiger partial charge in [-0.2, -0.15) is 0 Å². The van der Waals surface area contributed by atoms with E-state index in [1.807, 2.05) is 20.8 Å². The van der Waals surface area contributed by atoms with Gasteiger partial charge in [-0.05, 0) is 50.5 Å². The number of benzene rings is 1. The molecule has 0 heterocycles. The molecule has 1 rings (SSSR count). The van der Waals surface area contributed by atoms with Gasteiger partial charge in [0.05, 0.1) is 11.6 Å². The Balaban J connectivity index is 2.95. The van der Waals surface area contributed by atoms with Gasteiger partial charge < -0.3 is 4.74 Å². The molecule has 0 aliphatic carbocycles. The van der Waals surface area contributed by atoms with Gasteiger partial charge in [0.2, 0.25) is 0 Å². The number of hydrazine groups is 1. The zero-order chi connectivity index (χ0) is 14.5. The molecule has 0 saturated heterocycles. The van der Waals surface area contributed by atoms with Crippen molar-refractivity contribution in [3.8, 4) is 0 Å². The van der Waals surface area contributed by atoms with Crippen molar-refractivity contribution in [2.24, 2.45) is 5.84 Å². The van der Waals surface area contributed by atoms with Crippen LogP contribution >= 0.6 is 11.6 Å². The van der Waals surface area contributed by atoms with E-state index in [-0.39, 0.29) is 11.9 Å². The largest absolute Gasteiger partial charge is 0.374 e. The van der Waals surface area contributed by atoms with Crippen molar-refractivity contribution in [3.63, 3.8) is 0 Å². The highest BCUT2D eigenvalue weighted by Crippen LogP contribution is 2.26. The van der Waals surface area contributed by atoms with Crippen LogP contribution in [-0.2, 0) is 11.2 Å². The molecule has 0 aromatic heterocycles. The van der Waals surface area contributed by atoms with Crippen molar-refractivity contribution < 1.29 is 9.13 Å². The number of ether oxygens (including phenoxy) is 1. The predicted molar refractivity (Wildman–Crippen MR) is 76.5 cm³/mol. The fourth-order valence-electron chi connectivity index (χ4n) is 2.15. The summed E-state index contributed by atoms with van der Waals surface area (Å²) in [6.45, 7) is 6.57. The van der Waals surface area contributed by atoms with Crippen LogP contribution in [0.5, 0.6) is 0 Å². The summed E-state index contributed by atoms with van der Waals surface area (Å²) in [7, 11) is 0. The lowest BCUT2D eigenvalue weighted by Crippen LogP contribution is -2.54. The summed E-state index contributed by atoms with van der Waals surface area (Å²) in [5, 5.41) is 0.539. The van der Waals surface area contributed by atoms with Crippen LogP contribution in [0.15, 0.2) is 18.2 Å². The third kappa shape index (κ3) is 4.14. The Hall–Kier alpha value is -0.680. The molecule has 5 heteroatoms. The van der Waals surface area contributed by atoms with E-state index in [2.05, 4.69) is 5.43 Å². The van der Waals surface area contributed by atoms with Gasteiger partial charge in [-0.1, -0.05) is 18.5 Å². The smallest absolute Gasteiger partial charge is 0.123 e. The summed E-state index contributed by atoms with van der Waals surface area (Å²) in [4.78, 5) is 0. The van der Waals surface area contributed by atoms with Crippen LogP contribution in [0, 0.1) is 5.82 Å². The normalized spacial score (nSPS) is 16.1. The molecule has 0 radical (unpaired) electrons. The minimum Gasteiger partial charge on any atom is -0.374 e. The van der Waals surface area contributed by atoms with E-state index in [0.29, 0.717) is 18.1 Å². The minimum atomic E-state index is -0.418. The summed E-state index contributed by atoms with van der Waals surface area (Å²) in [6.07, 6.45) is 1.31. The van der Waals surface area contributed by atoms with Gasteiger partial charge in [-0.15, -0.1) is 0 Å². The lowest BCUT2D eigenvalue weighted by Gasteiger charge is -2.36. The summed E-state index contributed by atoms with van der Waals surface area (Å²) in [5.74, 6) is 5.33. The van der Waals surface area contributed by atoms with Crippen LogP contribution in [-0.4, -0.2) is 18.2 Å². The Bertz CT molecular complexity index is 416. The molecule has 0 spiro atoms. The second kappa shape index (κ2) is 7.20. The lowest BCUT2D eigenvalue weighted by atomic mass is 9.88. The van der Waals surface area contributed by atoms with Crippen molar-refractivity contribution in [1.29, 1.82) is 0 Å². The molecular formula is C14H22ClFN2O. The third-order valence-corrected chi connectivity index (χ3v) is 3.91. The summed E-state index contributed by atoms with van der Waals surface area (Å²) >= 11 is 6.09. The molecule has 3 nitrogen and oxygen atoms in total. The second-order valence-corrected chi connectivity index (χ2v) is 5.17. The lowest BCUT2D eigenvalue weighted by molar-refractivity contribution is -0.0550. The number of hydrogen-bond acceptors (Lipinski definition) is 3. The Morgan fingerprint density at radius 3 is 2.68 bits per heavy atom. The fourth-order valence-corrected chi connectivity index (χ4v) is 2.34. The van der Waals surface area contributed by atoms with Crippen molar-refractivity contribution in [2.45, 2.75) is 45.3 Å². The molecule has 0 fully saturated rings. The van der Waals surface area contributed by atoms with Gasteiger partial charge in [-0.3, -0.25) is 11.3 Å². The molecule has 3 N–H and O–H groups in total. The molecule has 0 bridgehead atoms. The van der Waals surface area contributed by atoms with Gasteiger partial charge >= 0.3 is 0 Å². The maximum absolute atomic E-state index is 13.3. The first kappa shape index (κ1) is 16.4. The van der Waals surface area contributed by atoms with E-state index in [1.54, 1.807) is 6.07 Å². The topological polar surface area (TPSA) is 47.3 Å². The summed E-state index contributed by atoms with van der Waals surface area (Å²) in [6, 6.07) is 4.20. The highest BCUT2D eigenvalue weighted by Gasteiger charge is 2.33. The van der Waals surface area contributed by atoms with E-state index in [1.165, 1.54) is 12.1 Å². The van der Waals surface area contributed by atoms with E-state index in [0.717, 1.165) is 12.0 Å². The highest BCUT2D eigenvalue weighted by atomic mass is 35.5. The minimum absolute atomic E-state index is 0.142. The summed E-state index contributed by atoms with van der Waals surface area (Å²) in [5.41, 5.74) is 3.08. The molecule has 0 aliphatic rings. The van der Waals surface area contributed by atoms with Crippen LogP contribution in [0.4, 0.5) is 4.39 Å². The number of nitrogens with one attached hydrogen (secondary N) is 1. The van der Waals surface area contributed by atoms with Gasteiger partial charge in [-0.25, -0.2) is 4.39 Å². The first-order valence-corrected chi connectivity index (χ1v) is 6.88. The fraction of sp³-hybridized carbons (Fsp3) is 0.571. The molecule has 0 amide bonds. The zero-order valence-electron chi connectivity index (χ0n) is 11.7. The van der Waals surface area contributed by atoms with Gasteiger partial charge in [0, 0.05) is 11.6 Å². The molecule has 1 aromatic carbocycles. The number of hydrogen-bond donors (Lipinski definition) is 2. The second-order valence-electron chi connectivity index (χ2n) is 4.76. The maximum Gasteiger partial charge on any atom is 0.123 e. The monoisotopic (exact) mass is 288 g/mol. The molecule has 0 saturated carbocycles. The average Bonchev–Trinajstić information content (AvgIpc) is 2.39. The SMILES string of the molecule is CCOC(C)(CC)C(Cc1cc(F)ccc1Cl)NN. The van der Waals surface area contributed by atoms with Crippen molar-refractivity contribution >= 4 is 11.6 Å². The highest BCUT2D eigenvalue weighted by molar-refractivity contribution is 6.31. The Labute approximate surface area is 119 Å². The van der Waals surface area contributed by atoms with Crippen LogP contribution in [0.25, 0.3) is 0 Å². The van der Waals surface area contributed by atoms with Crippen LogP contribution in [0.1, 0.15) is 32.8 Å². The predicted octanol–water partition coefficient (Wildman–Crippen LogP) is 3.06. The maximum atomic E-state index is 13.3. The van der Waals surface area contributed by atoms with Crippen LogP contribution < -0.4 is 11.3 Å². The van der Waals surface area contributed by atoms with E-state index >= 15 is 0 Å². The van der Waals surface area contributed by atoms with Crippen LogP contribution in [0.2, 0.25) is 5.02 Å². The van der Waals surface area contributed by atoms with Gasteiger partial charge in [0.25, 0.3) is 0 Å². The molecule has 0 aliphatic heterocycles. The number of nitrogens with two attached hydrogens (primary N) is 1.